The first-order valence-corrected chi connectivity index (χ1v) is 9.85. The molecule has 0 unspecified atom stereocenters. The first-order valence-electron chi connectivity index (χ1n) is 9.06. The molecule has 1 aliphatic rings. The molecule has 0 aromatic heterocycles. The lowest BCUT2D eigenvalue weighted by atomic mass is 10.1. The smallest absolute Gasteiger partial charge is 0.416 e. The summed E-state index contributed by atoms with van der Waals surface area (Å²) in [6, 6.07) is 9.92. The van der Waals surface area contributed by atoms with Gasteiger partial charge in [-0.05, 0) is 49.5 Å². The van der Waals surface area contributed by atoms with Gasteiger partial charge in [0.2, 0.25) is 5.91 Å². The van der Waals surface area contributed by atoms with Crippen molar-refractivity contribution in [1.82, 2.24) is 9.80 Å². The number of likely N-dealkylation sites (N-methyl/N-ethyl adjacent to an activating group) is 1. The highest BCUT2D eigenvalue weighted by molar-refractivity contribution is 9.10. The molecule has 1 fully saturated rings. The zero-order valence-corrected chi connectivity index (χ0v) is 17.4. The van der Waals surface area contributed by atoms with E-state index in [9.17, 15) is 18.0 Å². The summed E-state index contributed by atoms with van der Waals surface area (Å²) in [6.07, 6.45) is -4.52. The monoisotopic (exact) mass is 471 g/mol. The van der Waals surface area contributed by atoms with Crippen LogP contribution in [0, 0.1) is 0 Å². The van der Waals surface area contributed by atoms with Crippen molar-refractivity contribution in [2.45, 2.75) is 6.18 Å². The number of nitrogens with zero attached hydrogens (tertiary/aromatic N) is 2. The predicted octanol–water partition coefficient (Wildman–Crippen LogP) is 4.45. The molecule has 0 bridgehead atoms. The van der Waals surface area contributed by atoms with Crippen LogP contribution in [0.5, 0.6) is 11.5 Å². The number of rotatable bonds is 5. The maximum atomic E-state index is 13.1. The number of carbonyl (C=O) groups excluding carboxylic acids is 1. The lowest BCUT2D eigenvalue weighted by molar-refractivity contribution is -0.137. The van der Waals surface area contributed by atoms with Gasteiger partial charge in [-0.3, -0.25) is 9.69 Å². The van der Waals surface area contributed by atoms with E-state index in [4.69, 9.17) is 4.74 Å². The SMILES string of the molecule is CN1CCN(CC(=O)Nc2cc(C(F)(F)F)ccc2Oc2ccc(Br)cc2)CC1. The van der Waals surface area contributed by atoms with Crippen molar-refractivity contribution in [2.75, 3.05) is 45.1 Å². The van der Waals surface area contributed by atoms with E-state index in [0.717, 1.165) is 42.8 Å². The second-order valence-electron chi connectivity index (χ2n) is 6.89. The first-order chi connectivity index (χ1) is 13.7. The van der Waals surface area contributed by atoms with Crippen molar-refractivity contribution in [1.29, 1.82) is 0 Å². The van der Waals surface area contributed by atoms with Crippen LogP contribution in [0.25, 0.3) is 0 Å². The number of hydrogen-bond donors (Lipinski definition) is 1. The van der Waals surface area contributed by atoms with E-state index in [1.54, 1.807) is 24.3 Å². The van der Waals surface area contributed by atoms with Gasteiger partial charge in [0.05, 0.1) is 17.8 Å². The van der Waals surface area contributed by atoms with Gasteiger partial charge < -0.3 is 15.0 Å². The van der Waals surface area contributed by atoms with Gasteiger partial charge in [-0.25, -0.2) is 0 Å². The Kier molecular flexibility index (Phi) is 6.81. The second-order valence-corrected chi connectivity index (χ2v) is 7.81. The molecule has 2 aromatic rings. The number of benzene rings is 2. The molecule has 0 radical (unpaired) electrons. The zero-order chi connectivity index (χ0) is 21.0. The number of halogens is 4. The van der Waals surface area contributed by atoms with Gasteiger partial charge in [0.15, 0.2) is 5.75 Å². The molecule has 5 nitrogen and oxygen atoms in total. The Labute approximate surface area is 175 Å². The molecule has 0 saturated carbocycles. The fourth-order valence-corrected chi connectivity index (χ4v) is 3.19. The average Bonchev–Trinajstić information content (AvgIpc) is 2.66. The molecule has 1 amide bonds. The van der Waals surface area contributed by atoms with E-state index in [-0.39, 0.29) is 23.9 Å². The Hall–Kier alpha value is -2.10. The van der Waals surface area contributed by atoms with Gasteiger partial charge in [-0.1, -0.05) is 15.9 Å². The third-order valence-electron chi connectivity index (χ3n) is 4.59. The number of hydrogen-bond acceptors (Lipinski definition) is 4. The summed E-state index contributed by atoms with van der Waals surface area (Å²) in [6.45, 7) is 3.26. The maximum absolute atomic E-state index is 13.1. The molecular formula is C20H21BrF3N3O2. The Bertz CT molecular complexity index is 851. The van der Waals surface area contributed by atoms with Crippen LogP contribution in [0.3, 0.4) is 0 Å². The van der Waals surface area contributed by atoms with E-state index < -0.39 is 11.7 Å². The van der Waals surface area contributed by atoms with Crippen LogP contribution in [-0.2, 0) is 11.0 Å². The maximum Gasteiger partial charge on any atom is 0.416 e. The number of ether oxygens (including phenoxy) is 1. The van der Waals surface area contributed by atoms with Crippen LogP contribution >= 0.6 is 15.9 Å². The molecule has 0 spiro atoms. The second kappa shape index (κ2) is 9.15. The Morgan fingerprint density at radius 3 is 2.38 bits per heavy atom. The molecule has 1 saturated heterocycles. The summed E-state index contributed by atoms with van der Waals surface area (Å²) in [7, 11) is 2.01. The summed E-state index contributed by atoms with van der Waals surface area (Å²) in [5.41, 5.74) is -0.863. The topological polar surface area (TPSA) is 44.8 Å². The van der Waals surface area contributed by atoms with Crippen molar-refractivity contribution >= 4 is 27.5 Å². The van der Waals surface area contributed by atoms with Gasteiger partial charge >= 0.3 is 6.18 Å². The molecule has 1 N–H and O–H groups in total. The molecular weight excluding hydrogens is 451 g/mol. The van der Waals surface area contributed by atoms with E-state index >= 15 is 0 Å². The highest BCUT2D eigenvalue weighted by atomic mass is 79.9. The summed E-state index contributed by atoms with van der Waals surface area (Å²) >= 11 is 3.32. The number of anilines is 1. The number of amides is 1. The highest BCUT2D eigenvalue weighted by Gasteiger charge is 2.31. The van der Waals surface area contributed by atoms with E-state index in [1.165, 1.54) is 6.07 Å². The van der Waals surface area contributed by atoms with Crippen LogP contribution in [0.15, 0.2) is 46.9 Å². The van der Waals surface area contributed by atoms with Gasteiger partial charge in [-0.2, -0.15) is 13.2 Å². The van der Waals surface area contributed by atoms with E-state index in [1.807, 2.05) is 11.9 Å². The summed E-state index contributed by atoms with van der Waals surface area (Å²) in [4.78, 5) is 16.6. The largest absolute Gasteiger partial charge is 0.455 e. The minimum absolute atomic E-state index is 0.0122. The lowest BCUT2D eigenvalue weighted by Gasteiger charge is -2.31. The fourth-order valence-electron chi connectivity index (χ4n) is 2.92. The van der Waals surface area contributed by atoms with Crippen LogP contribution in [0.4, 0.5) is 18.9 Å². The summed E-state index contributed by atoms with van der Waals surface area (Å²) < 4.78 is 46.0. The third kappa shape index (κ3) is 6.19. The number of nitrogens with one attached hydrogen (secondary N) is 1. The third-order valence-corrected chi connectivity index (χ3v) is 5.11. The Morgan fingerprint density at radius 2 is 1.76 bits per heavy atom. The van der Waals surface area contributed by atoms with Crippen molar-refractivity contribution in [2.24, 2.45) is 0 Å². The van der Waals surface area contributed by atoms with Gasteiger partial charge in [0.25, 0.3) is 0 Å². The van der Waals surface area contributed by atoms with E-state index in [2.05, 4.69) is 26.1 Å². The van der Waals surface area contributed by atoms with Crippen LogP contribution in [0.1, 0.15) is 5.56 Å². The molecule has 2 aromatic carbocycles. The van der Waals surface area contributed by atoms with Crippen molar-refractivity contribution in [3.63, 3.8) is 0 Å². The average molecular weight is 472 g/mol. The highest BCUT2D eigenvalue weighted by Crippen LogP contribution is 2.37. The van der Waals surface area contributed by atoms with Crippen molar-refractivity contribution in [3.8, 4) is 11.5 Å². The standard InChI is InChI=1S/C20H21BrF3N3O2/c1-26-8-10-27(11-9-26)13-19(28)25-17-12-14(20(22,23)24)2-7-18(17)29-16-5-3-15(21)4-6-16/h2-7,12H,8-11,13H2,1H3,(H,25,28). The van der Waals surface area contributed by atoms with Gasteiger partial charge in [0.1, 0.15) is 5.75 Å². The molecule has 9 heteroatoms. The van der Waals surface area contributed by atoms with Gasteiger partial charge in [-0.15, -0.1) is 0 Å². The van der Waals surface area contributed by atoms with Crippen LogP contribution in [0.2, 0.25) is 0 Å². The number of carbonyl (C=O) groups is 1. The van der Waals surface area contributed by atoms with Crippen molar-refractivity contribution in [3.05, 3.63) is 52.5 Å². The molecule has 29 heavy (non-hydrogen) atoms. The lowest BCUT2D eigenvalue weighted by Crippen LogP contribution is -2.47. The normalized spacial score (nSPS) is 15.9. The first kappa shape index (κ1) is 21.6. The van der Waals surface area contributed by atoms with Gasteiger partial charge in [0, 0.05) is 30.7 Å². The molecule has 1 aliphatic heterocycles. The molecule has 1 heterocycles. The van der Waals surface area contributed by atoms with Crippen LogP contribution in [-0.4, -0.2) is 55.5 Å². The molecule has 0 aliphatic carbocycles. The number of alkyl halides is 3. The van der Waals surface area contributed by atoms with E-state index in [0.29, 0.717) is 5.75 Å². The minimum atomic E-state index is -4.52. The Morgan fingerprint density at radius 1 is 1.10 bits per heavy atom. The minimum Gasteiger partial charge on any atom is -0.455 e. The summed E-state index contributed by atoms with van der Waals surface area (Å²) in [5, 5.41) is 2.58. The molecule has 3 rings (SSSR count). The molecule has 156 valence electrons. The zero-order valence-electron chi connectivity index (χ0n) is 15.8. The number of piperazine rings is 1. The van der Waals surface area contributed by atoms with Crippen molar-refractivity contribution < 1.29 is 22.7 Å². The summed E-state index contributed by atoms with van der Waals surface area (Å²) in [5.74, 6) is 0.212. The fraction of sp³-hybridized carbons (Fsp3) is 0.350. The Balaban J connectivity index is 1.77. The quantitative estimate of drug-likeness (QED) is 0.699. The molecule has 0 atom stereocenters. The van der Waals surface area contributed by atoms with Crippen LogP contribution < -0.4 is 10.1 Å². The predicted molar refractivity (Wildman–Crippen MR) is 108 cm³/mol.